The number of methoxy groups -OCH3 is 2. The highest BCUT2D eigenvalue weighted by atomic mass is 32.2. The Morgan fingerprint density at radius 3 is 2.36 bits per heavy atom. The fourth-order valence-corrected chi connectivity index (χ4v) is 4.73. The third kappa shape index (κ3) is 6.04. The van der Waals surface area contributed by atoms with E-state index in [9.17, 15) is 13.2 Å². The number of ether oxygens (including phenoxy) is 2. The average Bonchev–Trinajstić information content (AvgIpc) is 2.78. The number of rotatable bonds is 9. The monoisotopic (exact) mass is 468 g/mol. The van der Waals surface area contributed by atoms with Crippen LogP contribution in [0.1, 0.15) is 27.0 Å². The standard InChI is InChI=1S/C25H28N2O5S/c1-17-6-5-7-21(14-17)27-33(29,30)24-16-20(10-8-18(24)2)25(28)26-13-12-19-9-11-22(31-3)23(15-19)32-4/h5-11,14-16,27H,12-13H2,1-4H3,(H,26,28). The van der Waals surface area contributed by atoms with Crippen molar-refractivity contribution >= 4 is 21.6 Å². The molecule has 0 aliphatic rings. The molecule has 0 aromatic heterocycles. The van der Waals surface area contributed by atoms with Crippen LogP contribution in [0.2, 0.25) is 0 Å². The third-order valence-electron chi connectivity index (χ3n) is 5.16. The van der Waals surface area contributed by atoms with Crippen LogP contribution in [0, 0.1) is 13.8 Å². The molecule has 0 heterocycles. The number of carbonyl (C=O) groups excluding carboxylic acids is 1. The zero-order chi connectivity index (χ0) is 24.0. The van der Waals surface area contributed by atoms with Gasteiger partial charge in [0.25, 0.3) is 15.9 Å². The van der Waals surface area contributed by atoms with Crippen LogP contribution in [0.3, 0.4) is 0 Å². The van der Waals surface area contributed by atoms with Crippen molar-refractivity contribution in [2.75, 3.05) is 25.5 Å². The lowest BCUT2D eigenvalue weighted by atomic mass is 10.1. The maximum atomic E-state index is 13.0. The Labute approximate surface area is 194 Å². The van der Waals surface area contributed by atoms with E-state index < -0.39 is 10.0 Å². The second-order valence-electron chi connectivity index (χ2n) is 7.65. The Balaban J connectivity index is 1.70. The summed E-state index contributed by atoms with van der Waals surface area (Å²) >= 11 is 0. The summed E-state index contributed by atoms with van der Waals surface area (Å²) in [7, 11) is -0.707. The first-order chi connectivity index (χ1) is 15.7. The summed E-state index contributed by atoms with van der Waals surface area (Å²) in [4.78, 5) is 12.7. The van der Waals surface area contributed by atoms with Gasteiger partial charge in [0.15, 0.2) is 11.5 Å². The lowest BCUT2D eigenvalue weighted by Gasteiger charge is -2.13. The fraction of sp³-hybridized carbons (Fsp3) is 0.240. The van der Waals surface area contributed by atoms with Crippen LogP contribution >= 0.6 is 0 Å². The van der Waals surface area contributed by atoms with Gasteiger partial charge in [-0.1, -0.05) is 24.3 Å². The molecule has 8 heteroatoms. The predicted molar refractivity (Wildman–Crippen MR) is 129 cm³/mol. The summed E-state index contributed by atoms with van der Waals surface area (Å²) in [6, 6.07) is 17.3. The van der Waals surface area contributed by atoms with Gasteiger partial charge in [-0.05, 0) is 73.4 Å². The zero-order valence-electron chi connectivity index (χ0n) is 19.1. The number of nitrogens with one attached hydrogen (secondary N) is 2. The Hall–Kier alpha value is -3.52. The molecule has 0 atom stereocenters. The van der Waals surface area contributed by atoms with E-state index in [1.165, 1.54) is 6.07 Å². The van der Waals surface area contributed by atoms with Crippen LogP contribution in [-0.2, 0) is 16.4 Å². The number of anilines is 1. The minimum atomic E-state index is -3.85. The smallest absolute Gasteiger partial charge is 0.262 e. The molecule has 2 N–H and O–H groups in total. The Bertz CT molecular complexity index is 1260. The molecule has 0 radical (unpaired) electrons. The minimum absolute atomic E-state index is 0.0662. The van der Waals surface area contributed by atoms with Crippen molar-refractivity contribution in [1.82, 2.24) is 5.32 Å². The topological polar surface area (TPSA) is 93.7 Å². The Morgan fingerprint density at radius 2 is 1.67 bits per heavy atom. The number of carbonyl (C=O) groups is 1. The first kappa shape index (κ1) is 24.1. The van der Waals surface area contributed by atoms with E-state index in [0.29, 0.717) is 35.7 Å². The molecule has 3 aromatic carbocycles. The molecule has 0 aliphatic heterocycles. The maximum absolute atomic E-state index is 13.0. The van der Waals surface area contributed by atoms with E-state index in [1.807, 2.05) is 31.2 Å². The van der Waals surface area contributed by atoms with Gasteiger partial charge in [-0.3, -0.25) is 9.52 Å². The first-order valence-corrected chi connectivity index (χ1v) is 11.9. The van der Waals surface area contributed by atoms with E-state index in [1.54, 1.807) is 51.5 Å². The van der Waals surface area contributed by atoms with Gasteiger partial charge in [0, 0.05) is 17.8 Å². The fourth-order valence-electron chi connectivity index (χ4n) is 3.41. The normalized spacial score (nSPS) is 11.0. The summed E-state index contributed by atoms with van der Waals surface area (Å²) in [5.74, 6) is 0.913. The maximum Gasteiger partial charge on any atom is 0.262 e. The number of hydrogen-bond donors (Lipinski definition) is 2. The van der Waals surface area contributed by atoms with Crippen molar-refractivity contribution in [2.45, 2.75) is 25.2 Å². The molecule has 174 valence electrons. The molecule has 3 rings (SSSR count). The van der Waals surface area contributed by atoms with Crippen molar-refractivity contribution in [1.29, 1.82) is 0 Å². The van der Waals surface area contributed by atoms with Gasteiger partial charge in [-0.15, -0.1) is 0 Å². The van der Waals surface area contributed by atoms with Crippen LogP contribution in [0.5, 0.6) is 11.5 Å². The number of sulfonamides is 1. The summed E-state index contributed by atoms with van der Waals surface area (Å²) < 4.78 is 39.0. The Morgan fingerprint density at radius 1 is 0.909 bits per heavy atom. The van der Waals surface area contributed by atoms with E-state index in [0.717, 1.165) is 11.1 Å². The molecule has 0 spiro atoms. The SMILES string of the molecule is COc1ccc(CCNC(=O)c2ccc(C)c(S(=O)(=O)Nc3cccc(C)c3)c2)cc1OC. The summed E-state index contributed by atoms with van der Waals surface area (Å²) in [5, 5.41) is 2.84. The van der Waals surface area contributed by atoms with Crippen molar-refractivity contribution < 1.29 is 22.7 Å². The van der Waals surface area contributed by atoms with Crippen molar-refractivity contribution in [3.05, 3.63) is 82.9 Å². The van der Waals surface area contributed by atoms with Crippen LogP contribution in [0.25, 0.3) is 0 Å². The first-order valence-electron chi connectivity index (χ1n) is 10.4. The largest absolute Gasteiger partial charge is 0.493 e. The molecule has 0 unspecified atom stereocenters. The number of aryl methyl sites for hydroxylation is 2. The molecule has 0 fully saturated rings. The second-order valence-corrected chi connectivity index (χ2v) is 9.30. The molecule has 0 saturated carbocycles. The molecule has 33 heavy (non-hydrogen) atoms. The highest BCUT2D eigenvalue weighted by molar-refractivity contribution is 7.92. The van der Waals surface area contributed by atoms with Gasteiger partial charge in [0.1, 0.15) is 0 Å². The number of hydrogen-bond acceptors (Lipinski definition) is 5. The van der Waals surface area contributed by atoms with E-state index in [4.69, 9.17) is 9.47 Å². The van der Waals surface area contributed by atoms with Gasteiger partial charge in [0.05, 0.1) is 19.1 Å². The van der Waals surface area contributed by atoms with Gasteiger partial charge in [0.2, 0.25) is 0 Å². The number of amides is 1. The van der Waals surface area contributed by atoms with Crippen molar-refractivity contribution in [3.63, 3.8) is 0 Å². The molecule has 1 amide bonds. The highest BCUT2D eigenvalue weighted by Crippen LogP contribution is 2.27. The van der Waals surface area contributed by atoms with E-state index in [-0.39, 0.29) is 16.4 Å². The molecule has 0 saturated heterocycles. The average molecular weight is 469 g/mol. The van der Waals surface area contributed by atoms with Gasteiger partial charge >= 0.3 is 0 Å². The van der Waals surface area contributed by atoms with Crippen molar-refractivity contribution in [2.24, 2.45) is 0 Å². The van der Waals surface area contributed by atoms with Crippen LogP contribution in [-0.4, -0.2) is 35.1 Å². The van der Waals surface area contributed by atoms with Gasteiger partial charge in [-0.25, -0.2) is 8.42 Å². The molecule has 0 aliphatic carbocycles. The summed E-state index contributed by atoms with van der Waals surface area (Å²) in [6.45, 7) is 3.96. The predicted octanol–water partition coefficient (Wildman–Crippen LogP) is 4.09. The zero-order valence-corrected chi connectivity index (χ0v) is 20.0. The van der Waals surface area contributed by atoms with Crippen LogP contribution in [0.15, 0.2) is 65.6 Å². The molecule has 3 aromatic rings. The highest BCUT2D eigenvalue weighted by Gasteiger charge is 2.19. The Kier molecular flexibility index (Phi) is 7.60. The summed E-state index contributed by atoms with van der Waals surface area (Å²) in [5.41, 5.74) is 3.21. The van der Waals surface area contributed by atoms with E-state index in [2.05, 4.69) is 10.0 Å². The molecular formula is C25H28N2O5S. The summed E-state index contributed by atoms with van der Waals surface area (Å²) in [6.07, 6.45) is 0.581. The molecular weight excluding hydrogens is 440 g/mol. The molecule has 7 nitrogen and oxygen atoms in total. The van der Waals surface area contributed by atoms with Crippen molar-refractivity contribution in [3.8, 4) is 11.5 Å². The van der Waals surface area contributed by atoms with E-state index >= 15 is 0 Å². The number of benzene rings is 3. The van der Waals surface area contributed by atoms with Crippen LogP contribution < -0.4 is 19.5 Å². The minimum Gasteiger partial charge on any atom is -0.493 e. The molecule has 0 bridgehead atoms. The third-order valence-corrected chi connectivity index (χ3v) is 6.68. The van der Waals surface area contributed by atoms with Crippen LogP contribution in [0.4, 0.5) is 5.69 Å². The lowest BCUT2D eigenvalue weighted by Crippen LogP contribution is -2.26. The van der Waals surface area contributed by atoms with Gasteiger partial charge < -0.3 is 14.8 Å². The second kappa shape index (κ2) is 10.4. The quantitative estimate of drug-likeness (QED) is 0.493. The lowest BCUT2D eigenvalue weighted by molar-refractivity contribution is 0.0954. The van der Waals surface area contributed by atoms with Gasteiger partial charge in [-0.2, -0.15) is 0 Å².